The lowest BCUT2D eigenvalue weighted by Gasteiger charge is -2.41. The first kappa shape index (κ1) is 15.7. The highest BCUT2D eigenvalue weighted by molar-refractivity contribution is 7.99. The van der Waals surface area contributed by atoms with Gasteiger partial charge >= 0.3 is 5.97 Å². The first-order valence-corrected chi connectivity index (χ1v) is 8.20. The first-order valence-electron chi connectivity index (χ1n) is 7.22. The molecule has 0 heterocycles. The number of nitrogens with one attached hydrogen (secondary N) is 1. The summed E-state index contributed by atoms with van der Waals surface area (Å²) in [6.07, 6.45) is 3.17. The Morgan fingerprint density at radius 3 is 2.81 bits per heavy atom. The molecule has 2 N–H and O–H groups in total. The molecular weight excluding hydrogens is 284 g/mol. The summed E-state index contributed by atoms with van der Waals surface area (Å²) in [6, 6.07) is 8.05. The van der Waals surface area contributed by atoms with Crippen LogP contribution in [0.5, 0.6) is 0 Å². The summed E-state index contributed by atoms with van der Waals surface area (Å²) in [4.78, 5) is 12.0. The number of hydrogen-bond donors (Lipinski definition) is 2. The van der Waals surface area contributed by atoms with Gasteiger partial charge in [-0.25, -0.2) is 0 Å². The highest BCUT2D eigenvalue weighted by atomic mass is 32.2. The van der Waals surface area contributed by atoms with Crippen LogP contribution in [0.2, 0.25) is 0 Å². The summed E-state index contributed by atoms with van der Waals surface area (Å²) in [5, 5.41) is 21.7. The average Bonchev–Trinajstić information content (AvgIpc) is 2.41. The van der Waals surface area contributed by atoms with Gasteiger partial charge in [-0.2, -0.15) is 5.26 Å². The second-order valence-corrected chi connectivity index (χ2v) is 6.81. The molecule has 0 bridgehead atoms. The summed E-state index contributed by atoms with van der Waals surface area (Å²) in [7, 11) is 0. The zero-order valence-corrected chi connectivity index (χ0v) is 13.0. The molecule has 0 spiro atoms. The van der Waals surface area contributed by atoms with Crippen molar-refractivity contribution in [2.45, 2.75) is 37.5 Å². The molecule has 1 aliphatic rings. The molecule has 0 radical (unpaired) electrons. The molecule has 21 heavy (non-hydrogen) atoms. The van der Waals surface area contributed by atoms with Gasteiger partial charge in [0.25, 0.3) is 0 Å². The van der Waals surface area contributed by atoms with E-state index in [0.29, 0.717) is 12.1 Å². The van der Waals surface area contributed by atoms with Crippen LogP contribution >= 0.6 is 11.8 Å². The number of benzene rings is 1. The summed E-state index contributed by atoms with van der Waals surface area (Å²) in [5.74, 6) is 0.174. The molecule has 112 valence electrons. The molecule has 1 aromatic carbocycles. The fraction of sp³-hybridized carbons (Fsp3) is 0.500. The Balaban J connectivity index is 2.11. The van der Waals surface area contributed by atoms with Gasteiger partial charge < -0.3 is 10.4 Å². The normalized spacial score (nSPS) is 15.8. The SMILES string of the molecule is CCSc1cccc(NCC2(CC(=O)O)CCC2)c1C#N. The van der Waals surface area contributed by atoms with Crippen molar-refractivity contribution in [3.63, 3.8) is 0 Å². The Labute approximate surface area is 129 Å². The van der Waals surface area contributed by atoms with Crippen LogP contribution in [0.15, 0.2) is 23.1 Å². The van der Waals surface area contributed by atoms with Crippen molar-refractivity contribution in [1.82, 2.24) is 0 Å². The number of carbonyl (C=O) groups is 1. The largest absolute Gasteiger partial charge is 0.481 e. The maximum Gasteiger partial charge on any atom is 0.303 e. The third kappa shape index (κ3) is 3.70. The van der Waals surface area contributed by atoms with Gasteiger partial charge in [0, 0.05) is 11.4 Å². The van der Waals surface area contributed by atoms with Gasteiger partial charge in [-0.1, -0.05) is 19.4 Å². The van der Waals surface area contributed by atoms with E-state index in [2.05, 4.69) is 18.3 Å². The predicted molar refractivity (Wildman–Crippen MR) is 84.6 cm³/mol. The van der Waals surface area contributed by atoms with E-state index in [0.717, 1.165) is 35.6 Å². The van der Waals surface area contributed by atoms with Gasteiger partial charge in [0.05, 0.1) is 17.7 Å². The molecule has 5 heteroatoms. The lowest BCUT2D eigenvalue weighted by Crippen LogP contribution is -2.38. The minimum absolute atomic E-state index is 0.146. The van der Waals surface area contributed by atoms with Crippen molar-refractivity contribution in [2.75, 3.05) is 17.6 Å². The second-order valence-electron chi connectivity index (χ2n) is 5.50. The van der Waals surface area contributed by atoms with E-state index < -0.39 is 5.97 Å². The van der Waals surface area contributed by atoms with E-state index in [4.69, 9.17) is 5.11 Å². The van der Waals surface area contributed by atoms with Gasteiger partial charge in [0.2, 0.25) is 0 Å². The van der Waals surface area contributed by atoms with Gasteiger partial charge in [0.15, 0.2) is 0 Å². The number of carboxylic acid groups (broad SMARTS) is 1. The Kier molecular flexibility index (Phi) is 5.13. The summed E-state index contributed by atoms with van der Waals surface area (Å²) in [6.45, 7) is 2.68. The van der Waals surface area contributed by atoms with Gasteiger partial charge in [-0.15, -0.1) is 11.8 Å². The van der Waals surface area contributed by atoms with E-state index in [9.17, 15) is 10.1 Å². The Morgan fingerprint density at radius 2 is 2.29 bits per heavy atom. The standard InChI is InChI=1S/C16H20N2O2S/c1-2-21-14-6-3-5-13(12(14)10-17)18-11-16(7-4-8-16)9-15(19)20/h3,5-6,18H,2,4,7-9,11H2,1H3,(H,19,20). The fourth-order valence-electron chi connectivity index (χ4n) is 2.77. The molecule has 1 aromatic rings. The van der Waals surface area contributed by atoms with Crippen LogP contribution in [0.3, 0.4) is 0 Å². The molecule has 0 unspecified atom stereocenters. The molecule has 0 saturated heterocycles. The minimum Gasteiger partial charge on any atom is -0.481 e. The van der Waals surface area contributed by atoms with E-state index in [1.54, 1.807) is 11.8 Å². The van der Waals surface area contributed by atoms with Gasteiger partial charge in [0.1, 0.15) is 6.07 Å². The van der Waals surface area contributed by atoms with Crippen LogP contribution in [0, 0.1) is 16.7 Å². The summed E-state index contributed by atoms with van der Waals surface area (Å²) < 4.78 is 0. The molecule has 1 saturated carbocycles. The quantitative estimate of drug-likeness (QED) is 0.751. The lowest BCUT2D eigenvalue weighted by atomic mass is 9.66. The first-order chi connectivity index (χ1) is 10.1. The van der Waals surface area contributed by atoms with Crippen LogP contribution in [0.4, 0.5) is 5.69 Å². The van der Waals surface area contributed by atoms with Crippen LogP contribution in [0.1, 0.15) is 38.2 Å². The molecule has 2 rings (SSSR count). The average molecular weight is 304 g/mol. The zero-order chi connectivity index (χ0) is 15.3. The predicted octanol–water partition coefficient (Wildman–Crippen LogP) is 3.73. The molecule has 1 fully saturated rings. The molecule has 4 nitrogen and oxygen atoms in total. The molecule has 0 aromatic heterocycles. The number of nitrogens with zero attached hydrogens (tertiary/aromatic N) is 1. The minimum atomic E-state index is -0.743. The fourth-order valence-corrected chi connectivity index (χ4v) is 3.55. The highest BCUT2D eigenvalue weighted by Crippen LogP contribution is 2.44. The monoisotopic (exact) mass is 304 g/mol. The van der Waals surface area contributed by atoms with Crippen LogP contribution < -0.4 is 5.32 Å². The number of hydrogen-bond acceptors (Lipinski definition) is 4. The molecular formula is C16H20N2O2S. The summed E-state index contributed by atoms with van der Waals surface area (Å²) in [5.41, 5.74) is 1.33. The van der Waals surface area contributed by atoms with Crippen molar-refractivity contribution in [3.05, 3.63) is 23.8 Å². The van der Waals surface area contributed by atoms with E-state index >= 15 is 0 Å². The van der Waals surface area contributed by atoms with Crippen molar-refractivity contribution in [1.29, 1.82) is 5.26 Å². The number of carboxylic acids is 1. The van der Waals surface area contributed by atoms with Crippen LogP contribution in [-0.4, -0.2) is 23.4 Å². The van der Waals surface area contributed by atoms with Crippen LogP contribution in [0.25, 0.3) is 0 Å². The number of aliphatic carboxylic acids is 1. The van der Waals surface area contributed by atoms with E-state index in [1.165, 1.54) is 0 Å². The Hall–Kier alpha value is -1.67. The Morgan fingerprint density at radius 1 is 1.52 bits per heavy atom. The number of nitriles is 1. The number of anilines is 1. The maximum atomic E-state index is 11.0. The van der Waals surface area contributed by atoms with Crippen molar-refractivity contribution >= 4 is 23.4 Å². The van der Waals surface area contributed by atoms with E-state index in [-0.39, 0.29) is 11.8 Å². The molecule has 1 aliphatic carbocycles. The molecule has 0 aliphatic heterocycles. The third-order valence-electron chi connectivity index (χ3n) is 4.03. The van der Waals surface area contributed by atoms with Crippen LogP contribution in [-0.2, 0) is 4.79 Å². The summed E-state index contributed by atoms with van der Waals surface area (Å²) >= 11 is 1.65. The highest BCUT2D eigenvalue weighted by Gasteiger charge is 2.38. The second kappa shape index (κ2) is 6.86. The third-order valence-corrected chi connectivity index (χ3v) is 4.97. The molecule has 0 atom stereocenters. The smallest absolute Gasteiger partial charge is 0.303 e. The number of rotatable bonds is 7. The van der Waals surface area contributed by atoms with Crippen molar-refractivity contribution < 1.29 is 9.90 Å². The molecule has 0 amide bonds. The van der Waals surface area contributed by atoms with Gasteiger partial charge in [-0.3, -0.25) is 4.79 Å². The maximum absolute atomic E-state index is 11.0. The number of thioether (sulfide) groups is 1. The topological polar surface area (TPSA) is 73.1 Å². The van der Waals surface area contributed by atoms with Gasteiger partial charge in [-0.05, 0) is 36.1 Å². The Bertz CT molecular complexity index is 562. The van der Waals surface area contributed by atoms with Crippen molar-refractivity contribution in [3.8, 4) is 6.07 Å². The zero-order valence-electron chi connectivity index (χ0n) is 12.2. The van der Waals surface area contributed by atoms with Crippen molar-refractivity contribution in [2.24, 2.45) is 5.41 Å². The lowest BCUT2D eigenvalue weighted by molar-refractivity contribution is -0.141. The van der Waals surface area contributed by atoms with E-state index in [1.807, 2.05) is 18.2 Å².